The van der Waals surface area contributed by atoms with Crippen molar-refractivity contribution in [1.82, 2.24) is 0 Å². The van der Waals surface area contributed by atoms with E-state index in [1.54, 1.807) is 36.4 Å². The van der Waals surface area contributed by atoms with Crippen LogP contribution in [0.2, 0.25) is 0 Å². The maximum absolute atomic E-state index is 12.3. The Hall–Kier alpha value is -3.40. The number of nitrogens with two attached hydrogens (primary N) is 1. The monoisotopic (exact) mass is 316 g/mol. The van der Waals surface area contributed by atoms with E-state index in [4.69, 9.17) is 5.73 Å². The number of carbonyl (C=O) groups excluding carboxylic acids is 2. The van der Waals surface area contributed by atoms with E-state index in [1.165, 1.54) is 0 Å². The minimum atomic E-state index is -0.529. The molecule has 0 spiro atoms. The summed E-state index contributed by atoms with van der Waals surface area (Å²) in [7, 11) is 0. The molecule has 0 aliphatic rings. The largest absolute Gasteiger partial charge is 0.366 e. The van der Waals surface area contributed by atoms with E-state index >= 15 is 0 Å². The van der Waals surface area contributed by atoms with Gasteiger partial charge in [-0.15, -0.1) is 0 Å². The van der Waals surface area contributed by atoms with Gasteiger partial charge in [-0.3, -0.25) is 9.59 Å². The fourth-order valence-corrected chi connectivity index (χ4v) is 2.40. The van der Waals surface area contributed by atoms with Gasteiger partial charge in [-0.2, -0.15) is 0 Å². The molecule has 0 unspecified atom stereocenters. The van der Waals surface area contributed by atoms with Crippen LogP contribution in [0.1, 0.15) is 20.7 Å². The van der Waals surface area contributed by atoms with E-state index in [0.717, 1.165) is 11.1 Å². The molecule has 4 nitrogen and oxygen atoms in total. The number of hydrogen-bond acceptors (Lipinski definition) is 2. The molecule has 2 amide bonds. The van der Waals surface area contributed by atoms with Crippen LogP contribution in [0.5, 0.6) is 0 Å². The molecular weight excluding hydrogens is 300 g/mol. The van der Waals surface area contributed by atoms with E-state index in [0.29, 0.717) is 16.8 Å². The fourth-order valence-electron chi connectivity index (χ4n) is 2.40. The predicted octanol–water partition coefficient (Wildman–Crippen LogP) is 3.70. The highest BCUT2D eigenvalue weighted by Gasteiger charge is 2.08. The lowest BCUT2D eigenvalue weighted by Gasteiger charge is -2.07. The van der Waals surface area contributed by atoms with Crippen LogP contribution in [-0.2, 0) is 0 Å². The SMILES string of the molecule is NC(=O)c1cccc(NC(=O)c2ccc(-c3ccccc3)cc2)c1. The van der Waals surface area contributed by atoms with Gasteiger partial charge in [0.1, 0.15) is 0 Å². The molecule has 0 radical (unpaired) electrons. The number of nitrogens with one attached hydrogen (secondary N) is 1. The minimum Gasteiger partial charge on any atom is -0.366 e. The number of benzene rings is 3. The zero-order chi connectivity index (χ0) is 16.9. The number of hydrogen-bond donors (Lipinski definition) is 2. The number of anilines is 1. The van der Waals surface area contributed by atoms with Crippen LogP contribution in [0, 0.1) is 0 Å². The van der Waals surface area contributed by atoms with Crippen LogP contribution >= 0.6 is 0 Å². The van der Waals surface area contributed by atoms with E-state index in [1.807, 2.05) is 42.5 Å². The molecule has 0 heterocycles. The van der Waals surface area contributed by atoms with Crippen molar-refractivity contribution in [2.75, 3.05) is 5.32 Å². The van der Waals surface area contributed by atoms with Crippen molar-refractivity contribution in [3.05, 3.63) is 90.0 Å². The van der Waals surface area contributed by atoms with Gasteiger partial charge >= 0.3 is 0 Å². The quantitative estimate of drug-likeness (QED) is 0.770. The molecule has 24 heavy (non-hydrogen) atoms. The fraction of sp³-hybridized carbons (Fsp3) is 0. The summed E-state index contributed by atoms with van der Waals surface area (Å²) in [5.74, 6) is -0.769. The minimum absolute atomic E-state index is 0.240. The Kier molecular flexibility index (Phi) is 4.38. The van der Waals surface area contributed by atoms with E-state index < -0.39 is 5.91 Å². The molecule has 3 rings (SSSR count). The molecule has 0 bridgehead atoms. The topological polar surface area (TPSA) is 72.2 Å². The molecule has 0 saturated heterocycles. The molecule has 3 aromatic carbocycles. The van der Waals surface area contributed by atoms with Crippen LogP contribution in [0.4, 0.5) is 5.69 Å². The van der Waals surface area contributed by atoms with Crippen molar-refractivity contribution >= 4 is 17.5 Å². The smallest absolute Gasteiger partial charge is 0.255 e. The standard InChI is InChI=1S/C20H16N2O2/c21-19(23)17-7-4-8-18(13-17)22-20(24)16-11-9-15(10-12-16)14-5-2-1-3-6-14/h1-13H,(H2,21,23)(H,22,24). The maximum atomic E-state index is 12.3. The van der Waals surface area contributed by atoms with Gasteiger partial charge < -0.3 is 11.1 Å². The number of rotatable bonds is 4. The second-order valence-electron chi connectivity index (χ2n) is 5.34. The normalized spacial score (nSPS) is 10.2. The van der Waals surface area contributed by atoms with Crippen LogP contribution < -0.4 is 11.1 Å². The van der Waals surface area contributed by atoms with Gasteiger partial charge in [-0.05, 0) is 41.5 Å². The van der Waals surface area contributed by atoms with Crippen molar-refractivity contribution in [3.8, 4) is 11.1 Å². The molecule has 0 aliphatic heterocycles. The first-order valence-electron chi connectivity index (χ1n) is 7.50. The molecule has 3 aromatic rings. The van der Waals surface area contributed by atoms with Crippen molar-refractivity contribution in [2.24, 2.45) is 5.73 Å². The summed E-state index contributed by atoms with van der Waals surface area (Å²) in [6.07, 6.45) is 0. The molecular formula is C20H16N2O2. The third-order valence-electron chi connectivity index (χ3n) is 3.66. The second-order valence-corrected chi connectivity index (χ2v) is 5.34. The third kappa shape index (κ3) is 3.50. The number of carbonyl (C=O) groups is 2. The lowest BCUT2D eigenvalue weighted by molar-refractivity contribution is 0.0996. The summed E-state index contributed by atoms with van der Waals surface area (Å²) in [4.78, 5) is 23.5. The summed E-state index contributed by atoms with van der Waals surface area (Å²) in [6.45, 7) is 0. The second kappa shape index (κ2) is 6.79. The first-order valence-corrected chi connectivity index (χ1v) is 7.50. The lowest BCUT2D eigenvalue weighted by atomic mass is 10.0. The van der Waals surface area contributed by atoms with Gasteiger partial charge in [0.25, 0.3) is 5.91 Å². The lowest BCUT2D eigenvalue weighted by Crippen LogP contribution is -2.14. The summed E-state index contributed by atoms with van der Waals surface area (Å²) < 4.78 is 0. The van der Waals surface area contributed by atoms with Gasteiger partial charge in [0, 0.05) is 16.8 Å². The molecule has 0 atom stereocenters. The summed E-state index contributed by atoms with van der Waals surface area (Å²) in [5, 5.41) is 2.77. The Morgan fingerprint density at radius 3 is 2.04 bits per heavy atom. The van der Waals surface area contributed by atoms with Crippen molar-refractivity contribution in [1.29, 1.82) is 0 Å². The molecule has 0 aromatic heterocycles. The van der Waals surface area contributed by atoms with E-state index in [9.17, 15) is 9.59 Å². The zero-order valence-electron chi connectivity index (χ0n) is 12.9. The Balaban J connectivity index is 1.76. The maximum Gasteiger partial charge on any atom is 0.255 e. The highest BCUT2D eigenvalue weighted by Crippen LogP contribution is 2.20. The molecule has 0 fully saturated rings. The van der Waals surface area contributed by atoms with Gasteiger partial charge in [0.15, 0.2) is 0 Å². The van der Waals surface area contributed by atoms with Crippen LogP contribution in [0.3, 0.4) is 0 Å². The molecule has 0 saturated carbocycles. The van der Waals surface area contributed by atoms with Gasteiger partial charge in [0.05, 0.1) is 0 Å². The summed E-state index contributed by atoms with van der Waals surface area (Å²) in [6, 6.07) is 23.9. The highest BCUT2D eigenvalue weighted by molar-refractivity contribution is 6.05. The first kappa shape index (κ1) is 15.5. The Morgan fingerprint density at radius 1 is 0.708 bits per heavy atom. The van der Waals surface area contributed by atoms with Crippen molar-refractivity contribution in [3.63, 3.8) is 0 Å². The zero-order valence-corrected chi connectivity index (χ0v) is 12.9. The molecule has 118 valence electrons. The molecule has 4 heteroatoms. The highest BCUT2D eigenvalue weighted by atomic mass is 16.2. The van der Waals surface area contributed by atoms with Crippen LogP contribution in [0.15, 0.2) is 78.9 Å². The van der Waals surface area contributed by atoms with Crippen molar-refractivity contribution < 1.29 is 9.59 Å². The van der Waals surface area contributed by atoms with Gasteiger partial charge in [-0.25, -0.2) is 0 Å². The van der Waals surface area contributed by atoms with E-state index in [2.05, 4.69) is 5.32 Å². The van der Waals surface area contributed by atoms with E-state index in [-0.39, 0.29) is 5.91 Å². The number of amides is 2. The Morgan fingerprint density at radius 2 is 1.38 bits per heavy atom. The van der Waals surface area contributed by atoms with Crippen LogP contribution in [-0.4, -0.2) is 11.8 Å². The number of primary amides is 1. The average molecular weight is 316 g/mol. The van der Waals surface area contributed by atoms with Gasteiger partial charge in [0.2, 0.25) is 5.91 Å². The summed E-state index contributed by atoms with van der Waals surface area (Å²) >= 11 is 0. The van der Waals surface area contributed by atoms with Gasteiger partial charge in [-0.1, -0.05) is 48.5 Å². The predicted molar refractivity (Wildman–Crippen MR) is 94.8 cm³/mol. The van der Waals surface area contributed by atoms with Crippen LogP contribution in [0.25, 0.3) is 11.1 Å². The molecule has 0 aliphatic carbocycles. The Labute approximate surface area is 139 Å². The average Bonchev–Trinajstić information content (AvgIpc) is 2.63. The molecule has 3 N–H and O–H groups in total. The van der Waals surface area contributed by atoms with Crippen molar-refractivity contribution in [2.45, 2.75) is 0 Å². The first-order chi connectivity index (χ1) is 11.6. The third-order valence-corrected chi connectivity index (χ3v) is 3.66. The Bertz CT molecular complexity index is 872. The summed E-state index contributed by atoms with van der Waals surface area (Å²) in [5.41, 5.74) is 8.81.